The van der Waals surface area contributed by atoms with Gasteiger partial charge in [-0.1, -0.05) is 31.2 Å². The van der Waals surface area contributed by atoms with E-state index in [-0.39, 0.29) is 6.61 Å². The lowest BCUT2D eigenvalue weighted by atomic mass is 9.81. The summed E-state index contributed by atoms with van der Waals surface area (Å²) in [4.78, 5) is 0. The Balaban J connectivity index is 2.08. The molecule has 0 aliphatic heterocycles. The van der Waals surface area contributed by atoms with Crippen LogP contribution in [0.15, 0.2) is 24.3 Å². The number of hydrogen-bond acceptors (Lipinski definition) is 3. The summed E-state index contributed by atoms with van der Waals surface area (Å²) in [5.41, 5.74) is 2.76. The molecule has 0 aromatic heterocycles. The lowest BCUT2D eigenvalue weighted by Crippen LogP contribution is -2.34. The summed E-state index contributed by atoms with van der Waals surface area (Å²) in [6, 6.07) is 8.81. The van der Waals surface area contributed by atoms with E-state index in [1.807, 2.05) is 0 Å². The Bertz CT molecular complexity index is 367. The van der Waals surface area contributed by atoms with Crippen LogP contribution in [-0.2, 0) is 0 Å². The summed E-state index contributed by atoms with van der Waals surface area (Å²) in [5.74, 6) is 0.618. The summed E-state index contributed by atoms with van der Waals surface area (Å²) < 4.78 is 0. The number of rotatable bonds is 4. The molecule has 0 saturated heterocycles. The van der Waals surface area contributed by atoms with Gasteiger partial charge in [-0.3, -0.25) is 0 Å². The smallest absolute Gasteiger partial charge is 0.0895 e. The minimum atomic E-state index is -0.665. The van der Waals surface area contributed by atoms with Gasteiger partial charge < -0.3 is 15.5 Å². The Labute approximate surface area is 102 Å². The van der Waals surface area contributed by atoms with E-state index in [9.17, 15) is 5.11 Å². The average molecular weight is 235 g/mol. The molecule has 0 fully saturated rings. The number of nitrogens with one attached hydrogen (secondary N) is 1. The largest absolute Gasteiger partial charge is 0.394 e. The van der Waals surface area contributed by atoms with Crippen molar-refractivity contribution in [2.24, 2.45) is 0 Å². The molecule has 2 rings (SSSR count). The second-order valence-corrected chi connectivity index (χ2v) is 4.90. The van der Waals surface area contributed by atoms with Gasteiger partial charge in [0.15, 0.2) is 0 Å². The second-order valence-electron chi connectivity index (χ2n) is 4.90. The fourth-order valence-electron chi connectivity index (χ4n) is 2.56. The van der Waals surface area contributed by atoms with Crippen molar-refractivity contribution in [1.82, 2.24) is 5.32 Å². The average Bonchev–Trinajstić information content (AvgIpc) is 2.38. The van der Waals surface area contributed by atoms with Crippen LogP contribution < -0.4 is 5.32 Å². The molecule has 3 nitrogen and oxygen atoms in total. The molecule has 1 aromatic rings. The Morgan fingerprint density at radius 3 is 2.71 bits per heavy atom. The van der Waals surface area contributed by atoms with Gasteiger partial charge in [0, 0.05) is 12.6 Å². The summed E-state index contributed by atoms with van der Waals surface area (Å²) in [7, 11) is 0. The van der Waals surface area contributed by atoms with Crippen LogP contribution in [0.2, 0.25) is 0 Å². The van der Waals surface area contributed by atoms with E-state index in [2.05, 4.69) is 36.5 Å². The molecule has 0 bridgehead atoms. The molecule has 94 valence electrons. The number of aliphatic hydroxyl groups is 2. The van der Waals surface area contributed by atoms with E-state index < -0.39 is 6.10 Å². The molecule has 1 aliphatic rings. The normalized spacial score (nSPS) is 25.4. The number of fused-ring (bicyclic) bond motifs is 1. The van der Waals surface area contributed by atoms with Crippen molar-refractivity contribution in [3.05, 3.63) is 35.4 Å². The highest BCUT2D eigenvalue weighted by atomic mass is 16.3. The third-order valence-corrected chi connectivity index (χ3v) is 3.60. The SMILES string of the molecule is CC1CCC(NCC(O)CO)c2ccccc21. The topological polar surface area (TPSA) is 52.5 Å². The van der Waals surface area contributed by atoms with Crippen molar-refractivity contribution in [3.63, 3.8) is 0 Å². The van der Waals surface area contributed by atoms with Gasteiger partial charge in [-0.15, -0.1) is 0 Å². The van der Waals surface area contributed by atoms with Gasteiger partial charge in [0.05, 0.1) is 12.7 Å². The molecular formula is C14H21NO2. The van der Waals surface area contributed by atoms with Crippen molar-refractivity contribution < 1.29 is 10.2 Å². The van der Waals surface area contributed by atoms with Crippen LogP contribution in [0.1, 0.15) is 42.9 Å². The molecule has 0 saturated carbocycles. The van der Waals surface area contributed by atoms with Gasteiger partial charge in [-0.25, -0.2) is 0 Å². The Hall–Kier alpha value is -0.900. The lowest BCUT2D eigenvalue weighted by Gasteiger charge is -2.31. The van der Waals surface area contributed by atoms with Crippen LogP contribution in [0.25, 0.3) is 0 Å². The van der Waals surface area contributed by atoms with Crippen LogP contribution in [0, 0.1) is 0 Å². The highest BCUT2D eigenvalue weighted by Gasteiger charge is 2.24. The first-order valence-corrected chi connectivity index (χ1v) is 6.33. The fourth-order valence-corrected chi connectivity index (χ4v) is 2.56. The number of benzene rings is 1. The van der Waals surface area contributed by atoms with Crippen molar-refractivity contribution >= 4 is 0 Å². The summed E-state index contributed by atoms with van der Waals surface area (Å²) in [6.45, 7) is 2.53. The van der Waals surface area contributed by atoms with Crippen LogP contribution in [-0.4, -0.2) is 29.5 Å². The molecule has 17 heavy (non-hydrogen) atoms. The maximum absolute atomic E-state index is 9.38. The highest BCUT2D eigenvalue weighted by molar-refractivity contribution is 5.34. The fraction of sp³-hybridized carbons (Fsp3) is 0.571. The molecule has 0 spiro atoms. The minimum Gasteiger partial charge on any atom is -0.394 e. The van der Waals surface area contributed by atoms with Crippen LogP contribution in [0.5, 0.6) is 0 Å². The van der Waals surface area contributed by atoms with E-state index in [0.29, 0.717) is 18.5 Å². The monoisotopic (exact) mass is 235 g/mol. The third kappa shape index (κ3) is 2.86. The molecule has 1 aliphatic carbocycles. The molecule has 3 unspecified atom stereocenters. The molecule has 3 heteroatoms. The van der Waals surface area contributed by atoms with Gasteiger partial charge in [0.1, 0.15) is 0 Å². The maximum atomic E-state index is 9.38. The molecule has 0 amide bonds. The summed E-state index contributed by atoms with van der Waals surface area (Å²) >= 11 is 0. The van der Waals surface area contributed by atoms with Gasteiger partial charge in [0.2, 0.25) is 0 Å². The molecule has 0 heterocycles. The molecule has 1 aromatic carbocycles. The molecular weight excluding hydrogens is 214 g/mol. The van der Waals surface area contributed by atoms with Crippen molar-refractivity contribution in [2.45, 2.75) is 37.8 Å². The van der Waals surface area contributed by atoms with E-state index in [4.69, 9.17) is 5.11 Å². The molecule has 3 N–H and O–H groups in total. The van der Waals surface area contributed by atoms with Gasteiger partial charge >= 0.3 is 0 Å². The lowest BCUT2D eigenvalue weighted by molar-refractivity contribution is 0.0911. The standard InChI is InChI=1S/C14H21NO2/c1-10-6-7-14(15-8-11(17)9-16)13-5-3-2-4-12(10)13/h2-5,10-11,14-17H,6-9H2,1H3. The van der Waals surface area contributed by atoms with E-state index in [0.717, 1.165) is 6.42 Å². The van der Waals surface area contributed by atoms with Crippen molar-refractivity contribution in [2.75, 3.05) is 13.2 Å². The Morgan fingerprint density at radius 1 is 1.29 bits per heavy atom. The number of aliphatic hydroxyl groups excluding tert-OH is 2. The maximum Gasteiger partial charge on any atom is 0.0895 e. The number of hydrogen-bond donors (Lipinski definition) is 3. The first-order chi connectivity index (χ1) is 8.22. The van der Waals surface area contributed by atoms with E-state index in [1.54, 1.807) is 0 Å². The molecule has 0 radical (unpaired) electrons. The minimum absolute atomic E-state index is 0.183. The van der Waals surface area contributed by atoms with Crippen LogP contribution in [0.3, 0.4) is 0 Å². The second kappa shape index (κ2) is 5.63. The quantitative estimate of drug-likeness (QED) is 0.742. The van der Waals surface area contributed by atoms with E-state index in [1.165, 1.54) is 17.5 Å². The van der Waals surface area contributed by atoms with E-state index >= 15 is 0 Å². The zero-order valence-corrected chi connectivity index (χ0v) is 10.3. The zero-order valence-electron chi connectivity index (χ0n) is 10.3. The summed E-state index contributed by atoms with van der Waals surface area (Å²) in [5, 5.41) is 21.5. The van der Waals surface area contributed by atoms with Crippen LogP contribution >= 0.6 is 0 Å². The zero-order chi connectivity index (χ0) is 12.3. The Morgan fingerprint density at radius 2 is 2.00 bits per heavy atom. The summed E-state index contributed by atoms with van der Waals surface area (Å²) in [6.07, 6.45) is 1.60. The van der Waals surface area contributed by atoms with Gasteiger partial charge in [0.25, 0.3) is 0 Å². The predicted molar refractivity (Wildman–Crippen MR) is 67.9 cm³/mol. The first kappa shape index (κ1) is 12.6. The Kier molecular flexibility index (Phi) is 4.15. The first-order valence-electron chi connectivity index (χ1n) is 6.33. The van der Waals surface area contributed by atoms with Crippen LogP contribution in [0.4, 0.5) is 0 Å². The van der Waals surface area contributed by atoms with Crippen molar-refractivity contribution in [3.8, 4) is 0 Å². The van der Waals surface area contributed by atoms with Gasteiger partial charge in [-0.05, 0) is 29.9 Å². The highest BCUT2D eigenvalue weighted by Crippen LogP contribution is 2.36. The van der Waals surface area contributed by atoms with Crippen molar-refractivity contribution in [1.29, 1.82) is 0 Å². The predicted octanol–water partition coefficient (Wildman–Crippen LogP) is 1.57. The third-order valence-electron chi connectivity index (χ3n) is 3.60. The van der Waals surface area contributed by atoms with Gasteiger partial charge in [-0.2, -0.15) is 0 Å². The molecule has 3 atom stereocenters.